The molecule has 1 aliphatic heterocycles. The third-order valence-electron chi connectivity index (χ3n) is 9.05. The summed E-state index contributed by atoms with van der Waals surface area (Å²) in [5.74, 6) is 3.71. The largest absolute Gasteiger partial charge is 0.317 e. The summed E-state index contributed by atoms with van der Waals surface area (Å²) in [7, 11) is 0. The van der Waals surface area contributed by atoms with Gasteiger partial charge in [0.05, 0.1) is 0 Å². The SMILES string of the molecule is O=c1ccc2cnc(N(c3ccccc3)C3CCNCC3)nc2n1C1C2CC3CC(C2)CC1C3. The maximum Gasteiger partial charge on any atom is 0.252 e. The second-order valence-electron chi connectivity index (χ2n) is 11.1. The average Bonchev–Trinajstić information content (AvgIpc) is 2.86. The number of pyridine rings is 1. The van der Waals surface area contributed by atoms with Crippen molar-refractivity contribution in [1.29, 1.82) is 0 Å². The number of nitrogens with zero attached hydrogens (tertiary/aromatic N) is 4. The molecule has 5 aliphatic rings. The molecule has 4 saturated carbocycles. The summed E-state index contributed by atoms with van der Waals surface area (Å²) in [6.45, 7) is 2.00. The number of benzene rings is 1. The Balaban J connectivity index is 1.36. The molecule has 1 N–H and O–H groups in total. The van der Waals surface area contributed by atoms with E-state index in [1.54, 1.807) is 6.07 Å². The van der Waals surface area contributed by atoms with Crippen molar-refractivity contribution >= 4 is 22.7 Å². The number of piperidine rings is 1. The number of hydrogen-bond donors (Lipinski definition) is 1. The van der Waals surface area contributed by atoms with Crippen LogP contribution in [0.15, 0.2) is 53.5 Å². The maximum absolute atomic E-state index is 13.4. The van der Waals surface area contributed by atoms with Crippen molar-refractivity contribution in [2.24, 2.45) is 23.7 Å². The lowest BCUT2D eigenvalue weighted by Gasteiger charge is -2.54. The van der Waals surface area contributed by atoms with E-state index in [1.807, 2.05) is 12.3 Å². The highest BCUT2D eigenvalue weighted by atomic mass is 16.1. The number of nitrogens with one attached hydrogen (secondary N) is 1. The fourth-order valence-electron chi connectivity index (χ4n) is 7.89. The zero-order chi connectivity index (χ0) is 22.6. The number of anilines is 2. The van der Waals surface area contributed by atoms with Gasteiger partial charge in [0.15, 0.2) is 0 Å². The first-order valence-electron chi connectivity index (χ1n) is 13.2. The van der Waals surface area contributed by atoms with E-state index in [9.17, 15) is 4.79 Å². The molecule has 1 aromatic carbocycles. The van der Waals surface area contributed by atoms with Crippen LogP contribution in [-0.2, 0) is 0 Å². The number of para-hydroxylation sites is 1. The number of fused-ring (bicyclic) bond motifs is 1. The second kappa shape index (κ2) is 8.19. The molecule has 8 rings (SSSR count). The number of aromatic nitrogens is 3. The molecular weight excluding hydrogens is 422 g/mol. The average molecular weight is 456 g/mol. The smallest absolute Gasteiger partial charge is 0.252 e. The van der Waals surface area contributed by atoms with Crippen molar-refractivity contribution in [2.75, 3.05) is 18.0 Å². The Morgan fingerprint density at radius 3 is 2.29 bits per heavy atom. The van der Waals surface area contributed by atoms with Crippen LogP contribution in [0.3, 0.4) is 0 Å². The molecule has 176 valence electrons. The lowest BCUT2D eigenvalue weighted by Crippen LogP contribution is -2.48. The van der Waals surface area contributed by atoms with Gasteiger partial charge < -0.3 is 10.2 Å². The van der Waals surface area contributed by atoms with Crippen molar-refractivity contribution in [3.63, 3.8) is 0 Å². The molecule has 4 aliphatic carbocycles. The Kier molecular flexibility index (Phi) is 4.97. The van der Waals surface area contributed by atoms with Gasteiger partial charge in [-0.05, 0) is 99.9 Å². The van der Waals surface area contributed by atoms with Crippen LogP contribution in [-0.4, -0.2) is 33.7 Å². The Labute approximate surface area is 200 Å². The van der Waals surface area contributed by atoms with E-state index >= 15 is 0 Å². The van der Waals surface area contributed by atoms with Gasteiger partial charge in [-0.15, -0.1) is 0 Å². The molecule has 4 bridgehead atoms. The van der Waals surface area contributed by atoms with Gasteiger partial charge in [0, 0.05) is 35.4 Å². The van der Waals surface area contributed by atoms with Crippen LogP contribution in [0.25, 0.3) is 11.0 Å². The number of hydrogen-bond acceptors (Lipinski definition) is 5. The molecule has 5 fully saturated rings. The minimum Gasteiger partial charge on any atom is -0.317 e. The Hall–Kier alpha value is -2.73. The summed E-state index contributed by atoms with van der Waals surface area (Å²) in [5.41, 5.74) is 2.04. The van der Waals surface area contributed by atoms with Crippen LogP contribution >= 0.6 is 0 Å². The monoisotopic (exact) mass is 455 g/mol. The van der Waals surface area contributed by atoms with Gasteiger partial charge in [-0.2, -0.15) is 4.98 Å². The highest BCUT2D eigenvalue weighted by Gasteiger charge is 2.49. The molecular formula is C28H33N5O. The van der Waals surface area contributed by atoms with Crippen molar-refractivity contribution < 1.29 is 0 Å². The molecule has 6 nitrogen and oxygen atoms in total. The fraction of sp³-hybridized carbons (Fsp3) is 0.536. The van der Waals surface area contributed by atoms with Gasteiger partial charge >= 0.3 is 0 Å². The predicted octanol–water partition coefficient (Wildman–Crippen LogP) is 4.68. The van der Waals surface area contributed by atoms with Gasteiger partial charge in [-0.3, -0.25) is 9.36 Å². The third-order valence-corrected chi connectivity index (χ3v) is 9.05. The molecule has 0 radical (unpaired) electrons. The second-order valence-corrected chi connectivity index (χ2v) is 11.1. The molecule has 0 amide bonds. The Morgan fingerprint density at radius 1 is 0.882 bits per heavy atom. The molecule has 1 saturated heterocycles. The van der Waals surface area contributed by atoms with Gasteiger partial charge in [0.25, 0.3) is 5.56 Å². The molecule has 3 heterocycles. The highest BCUT2D eigenvalue weighted by Crippen LogP contribution is 2.58. The van der Waals surface area contributed by atoms with Crippen LogP contribution in [0, 0.1) is 23.7 Å². The first kappa shape index (κ1) is 20.6. The molecule has 2 aromatic heterocycles. The summed E-state index contributed by atoms with van der Waals surface area (Å²) in [5, 5.41) is 4.45. The standard InChI is InChI=1S/C28H33N5O/c34-25-7-6-20-17-30-28(32(23-4-2-1-3-5-23)24-8-10-29-11-9-24)31-27(20)33(25)26-21-13-18-12-19(15-21)16-22(26)14-18/h1-7,17-19,21-22,24,26,29H,8-16H2. The van der Waals surface area contributed by atoms with E-state index in [0.29, 0.717) is 23.8 Å². The quantitative estimate of drug-likeness (QED) is 0.619. The zero-order valence-corrected chi connectivity index (χ0v) is 19.6. The van der Waals surface area contributed by atoms with Crippen molar-refractivity contribution in [1.82, 2.24) is 19.9 Å². The van der Waals surface area contributed by atoms with Crippen LogP contribution in [0.4, 0.5) is 11.6 Å². The third kappa shape index (κ3) is 3.37. The van der Waals surface area contributed by atoms with Crippen LogP contribution in [0.1, 0.15) is 51.0 Å². The van der Waals surface area contributed by atoms with Crippen LogP contribution in [0.5, 0.6) is 0 Å². The lowest BCUT2D eigenvalue weighted by molar-refractivity contribution is -0.0289. The molecule has 3 aromatic rings. The van der Waals surface area contributed by atoms with E-state index in [2.05, 4.69) is 45.1 Å². The number of rotatable bonds is 4. The van der Waals surface area contributed by atoms with E-state index in [1.165, 1.54) is 32.1 Å². The van der Waals surface area contributed by atoms with Crippen molar-refractivity contribution in [2.45, 2.75) is 57.0 Å². The van der Waals surface area contributed by atoms with Crippen LogP contribution in [0.2, 0.25) is 0 Å². The van der Waals surface area contributed by atoms with Crippen molar-refractivity contribution in [3.05, 3.63) is 59.0 Å². The molecule has 6 heteroatoms. The minimum absolute atomic E-state index is 0.0998. The highest BCUT2D eigenvalue weighted by molar-refractivity contribution is 5.76. The zero-order valence-electron chi connectivity index (χ0n) is 19.6. The van der Waals surface area contributed by atoms with Gasteiger partial charge in [0.1, 0.15) is 5.65 Å². The first-order valence-corrected chi connectivity index (χ1v) is 13.2. The van der Waals surface area contributed by atoms with E-state index < -0.39 is 0 Å². The summed E-state index contributed by atoms with van der Waals surface area (Å²) in [6, 6.07) is 14.8. The summed E-state index contributed by atoms with van der Waals surface area (Å²) < 4.78 is 2.08. The van der Waals surface area contributed by atoms with Gasteiger partial charge in [0.2, 0.25) is 5.95 Å². The summed E-state index contributed by atoms with van der Waals surface area (Å²) >= 11 is 0. The van der Waals surface area contributed by atoms with Gasteiger partial charge in [-0.25, -0.2) is 4.98 Å². The molecule has 0 unspecified atom stereocenters. The van der Waals surface area contributed by atoms with E-state index in [4.69, 9.17) is 9.97 Å². The minimum atomic E-state index is 0.0998. The molecule has 0 atom stereocenters. The maximum atomic E-state index is 13.4. The normalized spacial score (nSPS) is 30.6. The molecule has 34 heavy (non-hydrogen) atoms. The van der Waals surface area contributed by atoms with E-state index in [0.717, 1.165) is 54.5 Å². The molecule has 0 spiro atoms. The first-order chi connectivity index (χ1) is 16.7. The topological polar surface area (TPSA) is 63.1 Å². The van der Waals surface area contributed by atoms with Crippen molar-refractivity contribution in [3.8, 4) is 0 Å². The fourth-order valence-corrected chi connectivity index (χ4v) is 7.89. The predicted molar refractivity (Wildman–Crippen MR) is 134 cm³/mol. The Morgan fingerprint density at radius 2 is 1.59 bits per heavy atom. The summed E-state index contributed by atoms with van der Waals surface area (Å²) in [6.07, 6.45) is 10.6. The summed E-state index contributed by atoms with van der Waals surface area (Å²) in [4.78, 5) is 25.7. The van der Waals surface area contributed by atoms with Crippen LogP contribution < -0.4 is 15.8 Å². The van der Waals surface area contributed by atoms with E-state index in [-0.39, 0.29) is 11.6 Å². The Bertz CT molecular complexity index is 1220. The van der Waals surface area contributed by atoms with Gasteiger partial charge in [-0.1, -0.05) is 18.2 Å². The lowest BCUT2D eigenvalue weighted by atomic mass is 9.54.